The van der Waals surface area contributed by atoms with Crippen molar-refractivity contribution in [3.8, 4) is 5.75 Å². The van der Waals surface area contributed by atoms with Gasteiger partial charge in [-0.1, -0.05) is 12.1 Å². The smallest absolute Gasteiger partial charge is 0.249 e. The number of hydrogen-bond acceptors (Lipinski definition) is 7. The van der Waals surface area contributed by atoms with Gasteiger partial charge in [-0.3, -0.25) is 14.5 Å². The van der Waals surface area contributed by atoms with Gasteiger partial charge in [0, 0.05) is 55.6 Å². The van der Waals surface area contributed by atoms with Crippen LogP contribution in [0, 0.1) is 6.92 Å². The lowest BCUT2D eigenvalue weighted by Crippen LogP contribution is -2.58. The van der Waals surface area contributed by atoms with E-state index in [0.29, 0.717) is 26.1 Å². The molecule has 0 spiro atoms. The first-order valence-corrected chi connectivity index (χ1v) is 12.4. The molecule has 3 N–H and O–H groups in total. The highest BCUT2D eigenvalue weighted by atomic mass is 32.1. The van der Waals surface area contributed by atoms with Gasteiger partial charge in [-0.2, -0.15) is 0 Å². The summed E-state index contributed by atoms with van der Waals surface area (Å²) in [6.45, 7) is 4.82. The van der Waals surface area contributed by atoms with Gasteiger partial charge in [-0.25, -0.2) is 0 Å². The number of benzene rings is 1. The third kappa shape index (κ3) is 7.02. The van der Waals surface area contributed by atoms with E-state index in [0.717, 1.165) is 30.8 Å². The molecule has 186 valence electrons. The van der Waals surface area contributed by atoms with Crippen LogP contribution < -0.4 is 15.8 Å². The Morgan fingerprint density at radius 2 is 2.06 bits per heavy atom. The number of nitrogens with zero attached hydrogens (tertiary/aromatic N) is 2. The largest absolute Gasteiger partial charge is 0.497 e. The van der Waals surface area contributed by atoms with Crippen LogP contribution >= 0.6 is 11.3 Å². The van der Waals surface area contributed by atoms with Crippen LogP contribution in [0.3, 0.4) is 0 Å². The average Bonchev–Trinajstić information content (AvgIpc) is 3.26. The molecule has 1 aliphatic heterocycles. The second kappa shape index (κ2) is 12.9. The number of nitrogens with one attached hydrogen (secondary N) is 1. The quantitative estimate of drug-likeness (QED) is 0.503. The summed E-state index contributed by atoms with van der Waals surface area (Å²) in [7, 11) is 3.16. The Morgan fingerprint density at radius 3 is 2.74 bits per heavy atom. The molecule has 2 amide bonds. The van der Waals surface area contributed by atoms with E-state index in [1.165, 1.54) is 16.9 Å². The van der Waals surface area contributed by atoms with Crippen molar-refractivity contribution < 1.29 is 19.1 Å². The number of piperidine rings is 1. The van der Waals surface area contributed by atoms with E-state index in [1.807, 2.05) is 12.1 Å². The monoisotopic (exact) mass is 488 g/mol. The molecule has 8 nitrogen and oxygen atoms in total. The molecule has 2 aromatic rings. The Labute approximate surface area is 206 Å². The van der Waals surface area contributed by atoms with Crippen LogP contribution in [0.15, 0.2) is 36.4 Å². The normalized spacial score (nSPS) is 18.2. The summed E-state index contributed by atoms with van der Waals surface area (Å²) in [6, 6.07) is 12.0. The Morgan fingerprint density at radius 1 is 1.24 bits per heavy atom. The zero-order valence-electron chi connectivity index (χ0n) is 20.3. The van der Waals surface area contributed by atoms with Gasteiger partial charge in [0.15, 0.2) is 0 Å². The number of amides is 2. The number of thiophene rings is 1. The molecule has 1 aliphatic rings. The predicted molar refractivity (Wildman–Crippen MR) is 134 cm³/mol. The molecule has 0 radical (unpaired) electrons. The van der Waals surface area contributed by atoms with Gasteiger partial charge in [0.2, 0.25) is 11.8 Å². The number of aryl methyl sites for hydroxylation is 1. The van der Waals surface area contributed by atoms with Crippen LogP contribution in [0.4, 0.5) is 0 Å². The highest BCUT2D eigenvalue weighted by Crippen LogP contribution is 2.28. The maximum absolute atomic E-state index is 13.0. The summed E-state index contributed by atoms with van der Waals surface area (Å²) in [6.07, 6.45) is 1.34. The highest BCUT2D eigenvalue weighted by Gasteiger charge is 2.38. The molecule has 0 aliphatic carbocycles. The lowest BCUT2D eigenvalue weighted by Gasteiger charge is -2.42. The van der Waals surface area contributed by atoms with Gasteiger partial charge in [-0.15, -0.1) is 11.3 Å². The molecule has 3 rings (SSSR count). The minimum absolute atomic E-state index is 0.0344. The van der Waals surface area contributed by atoms with Crippen molar-refractivity contribution in [2.45, 2.75) is 44.9 Å². The fraction of sp³-hybridized carbons (Fsp3) is 0.520. The highest BCUT2D eigenvalue weighted by molar-refractivity contribution is 7.11. The fourth-order valence-corrected chi connectivity index (χ4v) is 5.35. The van der Waals surface area contributed by atoms with Gasteiger partial charge in [0.1, 0.15) is 18.4 Å². The van der Waals surface area contributed by atoms with E-state index in [2.05, 4.69) is 41.4 Å². The molecular weight excluding hydrogens is 452 g/mol. The van der Waals surface area contributed by atoms with E-state index in [4.69, 9.17) is 15.2 Å². The first kappa shape index (κ1) is 26.2. The minimum Gasteiger partial charge on any atom is -0.497 e. The van der Waals surface area contributed by atoms with Crippen LogP contribution in [0.5, 0.6) is 5.75 Å². The number of rotatable bonds is 11. The lowest BCUT2D eigenvalue weighted by molar-refractivity contribution is -0.146. The average molecular weight is 489 g/mol. The van der Waals surface area contributed by atoms with Gasteiger partial charge >= 0.3 is 0 Å². The molecule has 2 heterocycles. The van der Waals surface area contributed by atoms with Gasteiger partial charge in [0.05, 0.1) is 7.11 Å². The molecule has 1 aromatic heterocycles. The zero-order chi connectivity index (χ0) is 24.5. The van der Waals surface area contributed by atoms with Crippen LogP contribution in [-0.2, 0) is 27.4 Å². The minimum atomic E-state index is -0.550. The van der Waals surface area contributed by atoms with Crippen molar-refractivity contribution in [2.24, 2.45) is 5.73 Å². The molecule has 0 saturated carbocycles. The molecule has 0 bridgehead atoms. The number of carbonyl (C=O) groups is 2. The van der Waals surface area contributed by atoms with Crippen molar-refractivity contribution in [3.05, 3.63) is 51.7 Å². The summed E-state index contributed by atoms with van der Waals surface area (Å²) in [5.41, 5.74) is 6.74. The molecule has 34 heavy (non-hydrogen) atoms. The maximum atomic E-state index is 13.0. The van der Waals surface area contributed by atoms with E-state index < -0.39 is 6.04 Å². The van der Waals surface area contributed by atoms with Crippen molar-refractivity contribution in [2.75, 3.05) is 40.5 Å². The van der Waals surface area contributed by atoms with Crippen LogP contribution in [0.2, 0.25) is 0 Å². The van der Waals surface area contributed by atoms with E-state index in [9.17, 15) is 9.59 Å². The summed E-state index contributed by atoms with van der Waals surface area (Å²) >= 11 is 1.79. The summed E-state index contributed by atoms with van der Waals surface area (Å²) in [4.78, 5) is 32.3. The second-order valence-electron chi connectivity index (χ2n) is 8.56. The van der Waals surface area contributed by atoms with Gasteiger partial charge < -0.3 is 25.4 Å². The SMILES string of the molecule is COCC(=O)N1CCC(N(Cc2cccc(OC)c2)Cc2ccc(C)s2)C[C@@H]1C(=O)NCCN. The molecule has 1 saturated heterocycles. The number of nitrogens with two attached hydrogens (primary N) is 1. The van der Waals surface area contributed by atoms with E-state index >= 15 is 0 Å². The van der Waals surface area contributed by atoms with Crippen molar-refractivity contribution in [1.82, 2.24) is 15.1 Å². The van der Waals surface area contributed by atoms with E-state index in [1.54, 1.807) is 23.3 Å². The number of carbonyl (C=O) groups excluding carboxylic acids is 2. The standard InChI is InChI=1S/C25H36N4O4S/c1-18-7-8-22(34-18)16-28(15-19-5-4-6-21(13-19)33-3)20-9-12-29(24(30)17-32-2)23(14-20)25(31)27-11-10-26/h4-8,13,20,23H,9-12,14-17,26H2,1-3H3,(H,27,31)/t20?,23-/m1/s1. The lowest BCUT2D eigenvalue weighted by atomic mass is 9.94. The summed E-state index contributed by atoms with van der Waals surface area (Å²) < 4.78 is 10.5. The predicted octanol–water partition coefficient (Wildman–Crippen LogP) is 2.15. The third-order valence-electron chi connectivity index (χ3n) is 6.10. The zero-order valence-corrected chi connectivity index (χ0v) is 21.1. The van der Waals surface area contributed by atoms with Crippen LogP contribution in [-0.4, -0.2) is 74.2 Å². The van der Waals surface area contributed by atoms with Gasteiger partial charge in [0.25, 0.3) is 0 Å². The molecule has 1 aromatic carbocycles. The topological polar surface area (TPSA) is 97.1 Å². The molecule has 1 unspecified atom stereocenters. The van der Waals surface area contributed by atoms with Crippen LogP contribution in [0.25, 0.3) is 0 Å². The fourth-order valence-electron chi connectivity index (χ4n) is 4.43. The van der Waals surface area contributed by atoms with Crippen molar-refractivity contribution in [1.29, 1.82) is 0 Å². The Kier molecular flexibility index (Phi) is 9.88. The molecule has 9 heteroatoms. The van der Waals surface area contributed by atoms with Crippen molar-refractivity contribution >= 4 is 23.2 Å². The van der Waals surface area contributed by atoms with Crippen LogP contribution in [0.1, 0.15) is 28.2 Å². The maximum Gasteiger partial charge on any atom is 0.249 e. The van der Waals surface area contributed by atoms with Gasteiger partial charge in [-0.05, 0) is 49.6 Å². The summed E-state index contributed by atoms with van der Waals surface area (Å²) in [5.74, 6) is 0.499. The number of ether oxygens (including phenoxy) is 2. The summed E-state index contributed by atoms with van der Waals surface area (Å²) in [5, 5.41) is 2.87. The van der Waals surface area contributed by atoms with E-state index in [-0.39, 0.29) is 24.5 Å². The number of likely N-dealkylation sites (tertiary alicyclic amines) is 1. The Bertz CT molecular complexity index is 951. The molecular formula is C25H36N4O4S. The number of hydrogen-bond donors (Lipinski definition) is 2. The molecule has 1 fully saturated rings. The first-order valence-electron chi connectivity index (χ1n) is 11.6. The molecule has 2 atom stereocenters. The van der Waals surface area contributed by atoms with Crippen molar-refractivity contribution in [3.63, 3.8) is 0 Å². The Hall–Kier alpha value is -2.46. The third-order valence-corrected chi connectivity index (χ3v) is 7.09. The second-order valence-corrected chi connectivity index (χ2v) is 9.94. The first-order chi connectivity index (χ1) is 16.4. The Balaban J connectivity index is 1.84. The number of methoxy groups -OCH3 is 2.